The molecule has 6 nitrogen and oxygen atoms in total. The number of rotatable bonds is 12. The lowest BCUT2D eigenvalue weighted by atomic mass is 9.93. The van der Waals surface area contributed by atoms with Gasteiger partial charge < -0.3 is 9.47 Å². The largest absolute Gasteiger partial charge is 0.490 e. The Kier molecular flexibility index (Phi) is 10.0. The molecule has 2 aromatic rings. The molecule has 0 saturated carbocycles. The van der Waals surface area contributed by atoms with E-state index < -0.39 is 17.6 Å². The van der Waals surface area contributed by atoms with Crippen LogP contribution < -0.4 is 9.47 Å². The average molecular weight is 505 g/mol. The first-order chi connectivity index (χ1) is 17.9. The van der Waals surface area contributed by atoms with Gasteiger partial charge in [0.1, 0.15) is 17.5 Å². The number of ether oxygens (including phenoxy) is 2. The van der Waals surface area contributed by atoms with Gasteiger partial charge in [-0.25, -0.2) is 4.39 Å². The standard InChI is InChI=1S/C30H33FN2O4/c1-4-6-7-8-9-16-37-27-15-12-23(18-28(27)36-5-2)17-25-21(3)26(19-32)30(35)33(29(25)34)20-22-10-13-24(31)14-11-22/h10-15,17-18H,4-9,16,20H2,1-3H3/b25-17+. The van der Waals surface area contributed by atoms with Gasteiger partial charge in [0.25, 0.3) is 11.8 Å². The minimum absolute atomic E-state index is 0.0665. The first-order valence-electron chi connectivity index (χ1n) is 12.7. The smallest absolute Gasteiger partial charge is 0.271 e. The summed E-state index contributed by atoms with van der Waals surface area (Å²) in [6, 6.07) is 12.9. The monoisotopic (exact) mass is 504 g/mol. The zero-order valence-electron chi connectivity index (χ0n) is 21.7. The fraction of sp³-hybridized carbons (Fsp3) is 0.367. The number of hydrogen-bond acceptors (Lipinski definition) is 5. The zero-order valence-corrected chi connectivity index (χ0v) is 21.7. The second-order valence-corrected chi connectivity index (χ2v) is 8.89. The van der Waals surface area contributed by atoms with Crippen LogP contribution in [-0.4, -0.2) is 29.9 Å². The Labute approximate surface area is 218 Å². The molecular weight excluding hydrogens is 471 g/mol. The van der Waals surface area contributed by atoms with Crippen LogP contribution in [0.5, 0.6) is 11.5 Å². The molecule has 0 saturated heterocycles. The predicted molar refractivity (Wildman–Crippen MR) is 140 cm³/mol. The van der Waals surface area contributed by atoms with Crippen molar-refractivity contribution in [2.45, 2.75) is 59.4 Å². The van der Waals surface area contributed by atoms with Crippen molar-refractivity contribution in [2.24, 2.45) is 0 Å². The summed E-state index contributed by atoms with van der Waals surface area (Å²) in [6.45, 7) is 6.63. The average Bonchev–Trinajstić information content (AvgIpc) is 2.89. The molecule has 3 rings (SSSR count). The van der Waals surface area contributed by atoms with Crippen LogP contribution in [0.4, 0.5) is 4.39 Å². The van der Waals surface area contributed by atoms with E-state index in [1.165, 1.54) is 43.5 Å². The highest BCUT2D eigenvalue weighted by molar-refractivity contribution is 6.19. The molecule has 1 aliphatic heterocycles. The first kappa shape index (κ1) is 27.7. The number of amides is 2. The fourth-order valence-corrected chi connectivity index (χ4v) is 4.10. The molecule has 194 valence electrons. The van der Waals surface area contributed by atoms with Crippen LogP contribution in [-0.2, 0) is 16.1 Å². The SMILES string of the molecule is CCCCCCCOc1ccc(/C=C2/C(=O)N(Cc3ccc(F)cc3)C(=O)C(C#N)=C2C)cc1OCC. The number of halogens is 1. The van der Waals surface area contributed by atoms with Crippen LogP contribution in [0.2, 0.25) is 0 Å². The van der Waals surface area contributed by atoms with Gasteiger partial charge in [0.2, 0.25) is 0 Å². The zero-order chi connectivity index (χ0) is 26.8. The maximum atomic E-state index is 13.4. The molecule has 0 atom stereocenters. The highest BCUT2D eigenvalue weighted by Crippen LogP contribution is 2.32. The van der Waals surface area contributed by atoms with E-state index in [-0.39, 0.29) is 17.7 Å². The second-order valence-electron chi connectivity index (χ2n) is 8.89. The molecule has 2 aromatic carbocycles. The summed E-state index contributed by atoms with van der Waals surface area (Å²) in [6.07, 6.45) is 7.33. The number of imide groups is 1. The molecule has 0 aliphatic carbocycles. The lowest BCUT2D eigenvalue weighted by Gasteiger charge is -2.27. The lowest BCUT2D eigenvalue weighted by molar-refractivity contribution is -0.141. The summed E-state index contributed by atoms with van der Waals surface area (Å²) in [4.78, 5) is 27.3. The molecular formula is C30H33FN2O4. The number of carbonyl (C=O) groups is 2. The first-order valence-corrected chi connectivity index (χ1v) is 12.7. The Balaban J connectivity index is 1.87. The van der Waals surface area contributed by atoms with Crippen molar-refractivity contribution in [3.05, 3.63) is 76.1 Å². The van der Waals surface area contributed by atoms with Gasteiger partial charge in [0.15, 0.2) is 11.5 Å². The van der Waals surface area contributed by atoms with Gasteiger partial charge in [-0.3, -0.25) is 14.5 Å². The fourth-order valence-electron chi connectivity index (χ4n) is 4.10. The summed E-state index contributed by atoms with van der Waals surface area (Å²) < 4.78 is 25.1. The Bertz CT molecular complexity index is 1230. The Morgan fingerprint density at radius 1 is 0.946 bits per heavy atom. The van der Waals surface area contributed by atoms with Gasteiger partial charge in [0, 0.05) is 5.57 Å². The molecule has 0 unspecified atom stereocenters. The van der Waals surface area contributed by atoms with Crippen molar-refractivity contribution in [1.29, 1.82) is 5.26 Å². The van der Waals surface area contributed by atoms with E-state index >= 15 is 0 Å². The van der Waals surface area contributed by atoms with Crippen LogP contribution in [0.15, 0.2) is 59.2 Å². The molecule has 0 fully saturated rings. The summed E-state index contributed by atoms with van der Waals surface area (Å²) >= 11 is 0. The van der Waals surface area contributed by atoms with Crippen LogP contribution in [0.1, 0.15) is 64.0 Å². The predicted octanol–water partition coefficient (Wildman–Crippen LogP) is 6.37. The number of nitrogens with zero attached hydrogens (tertiary/aromatic N) is 2. The number of hydrogen-bond donors (Lipinski definition) is 0. The molecule has 0 radical (unpaired) electrons. The van der Waals surface area contributed by atoms with E-state index in [9.17, 15) is 19.2 Å². The minimum Gasteiger partial charge on any atom is -0.490 e. The maximum Gasteiger partial charge on any atom is 0.271 e. The quantitative estimate of drug-likeness (QED) is 0.191. The van der Waals surface area contributed by atoms with Gasteiger partial charge in [0.05, 0.1) is 19.8 Å². The third kappa shape index (κ3) is 7.07. The van der Waals surface area contributed by atoms with Gasteiger partial charge in [-0.2, -0.15) is 5.26 Å². The summed E-state index contributed by atoms with van der Waals surface area (Å²) in [5.74, 6) is -0.397. The van der Waals surface area contributed by atoms with Gasteiger partial charge in [-0.1, -0.05) is 50.8 Å². The van der Waals surface area contributed by atoms with E-state index in [4.69, 9.17) is 9.47 Å². The van der Waals surface area contributed by atoms with Crippen LogP contribution in [0, 0.1) is 17.1 Å². The summed E-state index contributed by atoms with van der Waals surface area (Å²) in [7, 11) is 0. The molecule has 0 aromatic heterocycles. The number of benzene rings is 2. The molecule has 2 amide bonds. The molecule has 37 heavy (non-hydrogen) atoms. The maximum absolute atomic E-state index is 13.4. The van der Waals surface area contributed by atoms with Crippen molar-refractivity contribution in [1.82, 2.24) is 4.90 Å². The minimum atomic E-state index is -0.663. The molecule has 0 bridgehead atoms. The van der Waals surface area contributed by atoms with E-state index in [1.54, 1.807) is 19.1 Å². The van der Waals surface area contributed by atoms with Crippen LogP contribution in [0.25, 0.3) is 6.08 Å². The third-order valence-corrected chi connectivity index (χ3v) is 6.16. The van der Waals surface area contributed by atoms with Gasteiger partial charge >= 0.3 is 0 Å². The second kappa shape index (κ2) is 13.4. The number of unbranched alkanes of at least 4 members (excludes halogenated alkanes) is 4. The van der Waals surface area contributed by atoms with Crippen molar-refractivity contribution < 1.29 is 23.5 Å². The van der Waals surface area contributed by atoms with Crippen LogP contribution in [0.3, 0.4) is 0 Å². The van der Waals surface area contributed by atoms with E-state index in [1.807, 2.05) is 25.1 Å². The topological polar surface area (TPSA) is 79.6 Å². The molecule has 0 spiro atoms. The van der Waals surface area contributed by atoms with Crippen molar-refractivity contribution >= 4 is 17.9 Å². The molecule has 1 heterocycles. The van der Waals surface area contributed by atoms with E-state index in [0.717, 1.165) is 17.7 Å². The normalized spacial score (nSPS) is 14.8. The van der Waals surface area contributed by atoms with Crippen molar-refractivity contribution in [2.75, 3.05) is 13.2 Å². The summed E-state index contributed by atoms with van der Waals surface area (Å²) in [5, 5.41) is 9.64. The molecule has 0 N–H and O–H groups in total. The Hall–Kier alpha value is -3.92. The van der Waals surface area contributed by atoms with Crippen LogP contribution >= 0.6 is 0 Å². The molecule has 7 heteroatoms. The van der Waals surface area contributed by atoms with E-state index in [2.05, 4.69) is 6.92 Å². The van der Waals surface area contributed by atoms with Crippen molar-refractivity contribution in [3.8, 4) is 17.6 Å². The van der Waals surface area contributed by atoms with Crippen molar-refractivity contribution in [3.63, 3.8) is 0 Å². The van der Waals surface area contributed by atoms with Gasteiger partial charge in [-0.05, 0) is 67.3 Å². The number of nitriles is 1. The van der Waals surface area contributed by atoms with E-state index in [0.29, 0.717) is 41.4 Å². The highest BCUT2D eigenvalue weighted by atomic mass is 19.1. The number of carbonyl (C=O) groups excluding carboxylic acids is 2. The lowest BCUT2D eigenvalue weighted by Crippen LogP contribution is -2.42. The Morgan fingerprint density at radius 2 is 1.68 bits per heavy atom. The Morgan fingerprint density at radius 3 is 2.35 bits per heavy atom. The van der Waals surface area contributed by atoms with Gasteiger partial charge in [-0.15, -0.1) is 0 Å². The third-order valence-electron chi connectivity index (χ3n) is 6.16. The highest BCUT2D eigenvalue weighted by Gasteiger charge is 2.35. The summed E-state index contributed by atoms with van der Waals surface area (Å²) in [5.41, 5.74) is 1.72. The molecule has 1 aliphatic rings.